The minimum absolute atomic E-state index is 0.00623. The van der Waals surface area contributed by atoms with Crippen LogP contribution in [0.4, 0.5) is 0 Å². The molecule has 5 aromatic heterocycles. The van der Waals surface area contributed by atoms with E-state index < -0.39 is 29.8 Å². The van der Waals surface area contributed by atoms with Crippen molar-refractivity contribution in [2.75, 3.05) is 0 Å². The number of allylic oxidation sites excluding steroid dienone is 1. The van der Waals surface area contributed by atoms with Crippen LogP contribution in [0.3, 0.4) is 0 Å². The van der Waals surface area contributed by atoms with E-state index in [1.165, 1.54) is 51.6 Å². The highest BCUT2D eigenvalue weighted by atomic mass is 32.1. The highest BCUT2D eigenvalue weighted by Crippen LogP contribution is 2.35. The Hall–Kier alpha value is -4.12. The van der Waals surface area contributed by atoms with Crippen molar-refractivity contribution in [2.24, 2.45) is 5.92 Å². The summed E-state index contributed by atoms with van der Waals surface area (Å²) in [5.74, 6) is -1.55. The molecule has 0 fully saturated rings. The van der Waals surface area contributed by atoms with Gasteiger partial charge in [-0.1, -0.05) is 26.3 Å². The number of carbonyl (C=O) groups excluding carboxylic acids is 3. The molecule has 3 amide bonds. The molecule has 226 valence electrons. The van der Waals surface area contributed by atoms with Gasteiger partial charge < -0.3 is 20.4 Å². The second-order valence-corrected chi connectivity index (χ2v) is 13.4. The third-order valence-corrected chi connectivity index (χ3v) is 10.4. The van der Waals surface area contributed by atoms with Gasteiger partial charge in [0, 0.05) is 21.5 Å². The number of rotatable bonds is 2. The Labute approximate surface area is 267 Å². The van der Waals surface area contributed by atoms with E-state index in [9.17, 15) is 14.4 Å². The van der Waals surface area contributed by atoms with Gasteiger partial charge in [-0.3, -0.25) is 14.4 Å². The van der Waals surface area contributed by atoms with Gasteiger partial charge in [-0.15, -0.1) is 45.3 Å². The molecule has 16 heteroatoms. The lowest BCUT2D eigenvalue weighted by atomic mass is 9.98. The van der Waals surface area contributed by atoms with Gasteiger partial charge in [0.05, 0.1) is 5.70 Å². The van der Waals surface area contributed by atoms with E-state index in [4.69, 9.17) is 19.4 Å². The van der Waals surface area contributed by atoms with E-state index in [2.05, 4.69) is 25.9 Å². The molecule has 3 atom stereocenters. The molecule has 1 aliphatic heterocycles. The zero-order valence-electron chi connectivity index (χ0n) is 23.9. The summed E-state index contributed by atoms with van der Waals surface area (Å²) in [7, 11) is 0. The highest BCUT2D eigenvalue weighted by molar-refractivity contribution is 7.17. The van der Waals surface area contributed by atoms with E-state index in [0.717, 1.165) is 15.7 Å². The van der Waals surface area contributed by atoms with Crippen LogP contribution in [0.25, 0.3) is 49.4 Å². The Morgan fingerprint density at radius 3 is 1.93 bits per heavy atom. The molecule has 44 heavy (non-hydrogen) atoms. The van der Waals surface area contributed by atoms with Gasteiger partial charge in [-0.05, 0) is 19.8 Å². The number of fused-ring (bicyclic) bond motifs is 14. The van der Waals surface area contributed by atoms with Crippen molar-refractivity contribution in [1.29, 1.82) is 0 Å². The second kappa shape index (κ2) is 12.5. The fraction of sp³-hybridized carbons (Fsp3) is 0.286. The molecule has 0 spiro atoms. The molecule has 0 saturated heterocycles. The van der Waals surface area contributed by atoms with Crippen molar-refractivity contribution in [3.8, 4) is 43.7 Å². The van der Waals surface area contributed by atoms with Crippen molar-refractivity contribution in [1.82, 2.24) is 40.9 Å². The van der Waals surface area contributed by atoms with Crippen LogP contribution in [0, 0.1) is 5.92 Å². The number of nitrogens with zero attached hydrogens (tertiary/aromatic N) is 5. The van der Waals surface area contributed by atoms with Crippen LogP contribution in [0.2, 0.25) is 0 Å². The van der Waals surface area contributed by atoms with Crippen molar-refractivity contribution < 1.29 is 18.8 Å². The molecule has 10 bridgehead atoms. The first-order valence-electron chi connectivity index (χ1n) is 13.6. The summed E-state index contributed by atoms with van der Waals surface area (Å²) in [6, 6.07) is -1.81. The Kier molecular flexibility index (Phi) is 8.48. The van der Waals surface area contributed by atoms with Crippen LogP contribution in [-0.4, -0.2) is 54.7 Å². The second-order valence-electron chi connectivity index (χ2n) is 9.95. The lowest BCUT2D eigenvalue weighted by Crippen LogP contribution is -2.54. The van der Waals surface area contributed by atoms with Gasteiger partial charge in [-0.25, -0.2) is 24.9 Å². The SMILES string of the molecule is C/C=C1/NC(=O)[C@H](C)NC(=O)[C@@H]([C@@H](C)CC)NC(=O)c2coc(n2)-c2csc(n2)-c2csc(n2)-c2csc(n2)-c2csc1n2. The summed E-state index contributed by atoms with van der Waals surface area (Å²) < 4.78 is 5.58. The van der Waals surface area contributed by atoms with Gasteiger partial charge in [0.2, 0.25) is 17.7 Å². The average molecular weight is 667 g/mol. The Balaban J connectivity index is 1.37. The lowest BCUT2D eigenvalue weighted by molar-refractivity contribution is -0.129. The summed E-state index contributed by atoms with van der Waals surface area (Å²) in [5.41, 5.74) is 3.08. The Morgan fingerprint density at radius 2 is 1.34 bits per heavy atom. The van der Waals surface area contributed by atoms with E-state index in [0.29, 0.717) is 39.2 Å². The minimum Gasteiger partial charge on any atom is -0.442 e. The molecule has 3 N–H and O–H groups in total. The monoisotopic (exact) mass is 666 g/mol. The smallest absolute Gasteiger partial charge is 0.273 e. The maximum absolute atomic E-state index is 13.3. The number of aromatic nitrogens is 5. The van der Waals surface area contributed by atoms with Gasteiger partial charge in [0.15, 0.2) is 5.69 Å². The standard InChI is InChI=1S/C28H26N8O4S4/c1-5-12(3)20-23(39)29-13(4)21(37)30-14(6-2)25-33-18(9-42-25)27-35-19(11-44-27)28-34-17(10-43-28)26-32-16(8-41-26)24-31-15(7-40-24)22(38)36-20/h6-13,20H,5H2,1-4H3,(H,29,39)(H,30,37)(H,36,38)/b14-6+/t12-,13-,20+/m0/s1. The van der Waals surface area contributed by atoms with E-state index in [1.807, 2.05) is 30.0 Å². The number of thiazole rings is 4. The molecule has 0 saturated carbocycles. The third kappa shape index (κ3) is 5.97. The first-order chi connectivity index (χ1) is 21.2. The van der Waals surface area contributed by atoms with Crippen molar-refractivity contribution in [3.05, 3.63) is 44.6 Å². The fourth-order valence-electron chi connectivity index (χ4n) is 4.24. The van der Waals surface area contributed by atoms with Gasteiger partial charge in [0.25, 0.3) is 5.91 Å². The number of hydrogen-bond donors (Lipinski definition) is 3. The quantitative estimate of drug-likeness (QED) is 0.226. The first-order valence-corrected chi connectivity index (χ1v) is 17.1. The van der Waals surface area contributed by atoms with Gasteiger partial charge in [-0.2, -0.15) is 0 Å². The fourth-order valence-corrected chi connectivity index (χ4v) is 7.58. The molecule has 0 aliphatic carbocycles. The number of amides is 3. The molecule has 6 heterocycles. The zero-order chi connectivity index (χ0) is 31.0. The average Bonchev–Trinajstić information content (AvgIpc) is 3.85. The molecular formula is C28H26N8O4S4. The summed E-state index contributed by atoms with van der Waals surface area (Å²) in [5, 5.41) is 18.6. The summed E-state index contributed by atoms with van der Waals surface area (Å²) in [4.78, 5) is 62.8. The molecule has 12 nitrogen and oxygen atoms in total. The largest absolute Gasteiger partial charge is 0.442 e. The van der Waals surface area contributed by atoms with Crippen molar-refractivity contribution in [2.45, 2.75) is 46.2 Å². The maximum atomic E-state index is 13.3. The summed E-state index contributed by atoms with van der Waals surface area (Å²) >= 11 is 5.67. The predicted octanol–water partition coefficient (Wildman–Crippen LogP) is 5.31. The van der Waals surface area contributed by atoms with Crippen molar-refractivity contribution in [3.63, 3.8) is 0 Å². The van der Waals surface area contributed by atoms with Gasteiger partial charge >= 0.3 is 0 Å². The van der Waals surface area contributed by atoms with Gasteiger partial charge in [0.1, 0.15) is 61.2 Å². The van der Waals surface area contributed by atoms with E-state index in [-0.39, 0.29) is 17.5 Å². The van der Waals surface area contributed by atoms with Crippen LogP contribution >= 0.6 is 45.3 Å². The molecule has 6 rings (SSSR count). The van der Waals surface area contributed by atoms with Crippen LogP contribution < -0.4 is 16.0 Å². The number of hydrogen-bond acceptors (Lipinski definition) is 13. The molecular weight excluding hydrogens is 641 g/mol. The topological polar surface area (TPSA) is 165 Å². The molecule has 5 aromatic rings. The first kappa shape index (κ1) is 29.9. The van der Waals surface area contributed by atoms with Crippen LogP contribution in [0.5, 0.6) is 0 Å². The summed E-state index contributed by atoms with van der Waals surface area (Å²) in [6.45, 7) is 7.15. The maximum Gasteiger partial charge on any atom is 0.273 e. The molecule has 0 radical (unpaired) electrons. The Bertz CT molecular complexity index is 1880. The van der Waals surface area contributed by atoms with Crippen LogP contribution in [-0.2, 0) is 9.59 Å². The predicted molar refractivity (Wildman–Crippen MR) is 171 cm³/mol. The summed E-state index contributed by atoms with van der Waals surface area (Å²) in [6.07, 6.45) is 3.59. The van der Waals surface area contributed by atoms with E-state index >= 15 is 0 Å². The number of carbonyl (C=O) groups is 3. The minimum atomic E-state index is -0.913. The number of oxazole rings is 1. The highest BCUT2D eigenvalue weighted by Gasteiger charge is 2.30. The number of nitrogens with one attached hydrogen (secondary N) is 3. The van der Waals surface area contributed by atoms with E-state index in [1.54, 1.807) is 25.3 Å². The third-order valence-electron chi connectivity index (χ3n) is 6.94. The lowest BCUT2D eigenvalue weighted by Gasteiger charge is -2.25. The normalized spacial score (nSPS) is 19.2. The Morgan fingerprint density at radius 1 is 0.795 bits per heavy atom. The molecule has 0 aromatic carbocycles. The van der Waals surface area contributed by atoms with Crippen LogP contribution in [0.1, 0.15) is 49.6 Å². The molecule has 0 unspecified atom stereocenters. The van der Waals surface area contributed by atoms with Crippen molar-refractivity contribution >= 4 is 68.8 Å². The van der Waals surface area contributed by atoms with Crippen LogP contribution in [0.15, 0.2) is 38.3 Å². The zero-order valence-corrected chi connectivity index (χ0v) is 27.2. The molecule has 1 aliphatic rings.